The molecule has 19 heavy (non-hydrogen) atoms. The minimum absolute atomic E-state index is 0.0556. The summed E-state index contributed by atoms with van der Waals surface area (Å²) in [6.45, 7) is 9.53. The maximum absolute atomic E-state index is 9.85. The summed E-state index contributed by atoms with van der Waals surface area (Å²) < 4.78 is 5.47. The molecule has 3 N–H and O–H groups in total. The summed E-state index contributed by atoms with van der Waals surface area (Å²) in [7, 11) is 0. The molecule has 4 heteroatoms. The van der Waals surface area contributed by atoms with Crippen LogP contribution in [0.5, 0.6) is 11.5 Å². The molecule has 0 amide bonds. The van der Waals surface area contributed by atoms with Crippen molar-refractivity contribution in [2.24, 2.45) is 5.92 Å². The fraction of sp³-hybridized carbons (Fsp3) is 0.600. The van der Waals surface area contributed by atoms with Crippen LogP contribution in [0.1, 0.15) is 39.3 Å². The molecule has 0 saturated carbocycles. The van der Waals surface area contributed by atoms with E-state index in [4.69, 9.17) is 4.74 Å². The largest absolute Gasteiger partial charge is 0.508 e. The van der Waals surface area contributed by atoms with Crippen molar-refractivity contribution in [3.8, 4) is 11.5 Å². The van der Waals surface area contributed by atoms with Gasteiger partial charge in [-0.1, -0.05) is 13.8 Å². The Kier molecular flexibility index (Phi) is 6.12. The second-order valence-corrected chi connectivity index (χ2v) is 5.14. The fourth-order valence-corrected chi connectivity index (χ4v) is 1.98. The summed E-state index contributed by atoms with van der Waals surface area (Å²) in [6, 6.07) is 4.73. The average molecular weight is 267 g/mol. The Balaban J connectivity index is 2.75. The number of nitrogens with one attached hydrogen (secondary N) is 1. The molecule has 0 radical (unpaired) electrons. The first kappa shape index (κ1) is 15.8. The van der Waals surface area contributed by atoms with E-state index in [9.17, 15) is 10.2 Å². The highest BCUT2D eigenvalue weighted by atomic mass is 16.5. The molecule has 1 aromatic carbocycles. The molecule has 0 fully saturated rings. The van der Waals surface area contributed by atoms with Crippen molar-refractivity contribution < 1.29 is 14.9 Å². The maximum atomic E-state index is 9.85. The number of ether oxygens (including phenoxy) is 1. The van der Waals surface area contributed by atoms with Crippen LogP contribution in [0.3, 0.4) is 0 Å². The number of benzene rings is 1. The van der Waals surface area contributed by atoms with Gasteiger partial charge in [-0.05, 0) is 38.0 Å². The van der Waals surface area contributed by atoms with Crippen molar-refractivity contribution >= 4 is 0 Å². The molecule has 1 rings (SSSR count). The number of aromatic hydroxyl groups is 2. The first-order chi connectivity index (χ1) is 8.95. The molecule has 0 aromatic heterocycles. The van der Waals surface area contributed by atoms with Gasteiger partial charge in [-0.25, -0.2) is 0 Å². The van der Waals surface area contributed by atoms with Gasteiger partial charge in [0.1, 0.15) is 11.5 Å². The van der Waals surface area contributed by atoms with Gasteiger partial charge in [0.15, 0.2) is 0 Å². The molecular formula is C15H25NO3. The van der Waals surface area contributed by atoms with Gasteiger partial charge in [-0.15, -0.1) is 0 Å². The van der Waals surface area contributed by atoms with Gasteiger partial charge in [0.25, 0.3) is 0 Å². The van der Waals surface area contributed by atoms with Crippen LogP contribution < -0.4 is 5.32 Å². The van der Waals surface area contributed by atoms with E-state index in [1.54, 1.807) is 6.07 Å². The third-order valence-electron chi connectivity index (χ3n) is 3.25. The highest BCUT2D eigenvalue weighted by molar-refractivity contribution is 5.40. The first-order valence-corrected chi connectivity index (χ1v) is 6.81. The van der Waals surface area contributed by atoms with Crippen molar-refractivity contribution in [2.75, 3.05) is 13.2 Å². The van der Waals surface area contributed by atoms with Crippen LogP contribution in [-0.4, -0.2) is 29.5 Å². The molecule has 108 valence electrons. The third-order valence-corrected chi connectivity index (χ3v) is 3.25. The first-order valence-electron chi connectivity index (χ1n) is 6.81. The van der Waals surface area contributed by atoms with Crippen molar-refractivity contribution in [1.29, 1.82) is 0 Å². The van der Waals surface area contributed by atoms with Crippen LogP contribution in [0.15, 0.2) is 18.2 Å². The van der Waals surface area contributed by atoms with E-state index in [1.807, 2.05) is 13.8 Å². The van der Waals surface area contributed by atoms with Gasteiger partial charge in [0.05, 0.1) is 6.61 Å². The Morgan fingerprint density at radius 2 is 1.89 bits per heavy atom. The SMILES string of the molecule is CCOCC(NC(C)c1cc(O)ccc1O)C(C)C. The molecule has 0 bridgehead atoms. The summed E-state index contributed by atoms with van der Waals surface area (Å²) in [5, 5.41) is 22.8. The topological polar surface area (TPSA) is 61.7 Å². The van der Waals surface area contributed by atoms with Crippen LogP contribution >= 0.6 is 0 Å². The lowest BCUT2D eigenvalue weighted by Gasteiger charge is -2.27. The lowest BCUT2D eigenvalue weighted by Crippen LogP contribution is -2.39. The molecule has 2 unspecified atom stereocenters. The van der Waals surface area contributed by atoms with Crippen LogP contribution in [0, 0.1) is 5.92 Å². The van der Waals surface area contributed by atoms with E-state index in [0.29, 0.717) is 24.7 Å². The average Bonchev–Trinajstić information content (AvgIpc) is 2.36. The molecule has 0 heterocycles. The minimum atomic E-state index is -0.0556. The van der Waals surface area contributed by atoms with Gasteiger partial charge in [0.2, 0.25) is 0 Å². The summed E-state index contributed by atoms with van der Waals surface area (Å²) in [5.74, 6) is 0.775. The molecule has 0 saturated heterocycles. The fourth-order valence-electron chi connectivity index (χ4n) is 1.98. The van der Waals surface area contributed by atoms with Crippen LogP contribution in [0.25, 0.3) is 0 Å². The maximum Gasteiger partial charge on any atom is 0.120 e. The quantitative estimate of drug-likeness (QED) is 0.665. The molecule has 0 aliphatic heterocycles. The Labute approximate surface area is 115 Å². The van der Waals surface area contributed by atoms with E-state index in [1.165, 1.54) is 12.1 Å². The summed E-state index contributed by atoms with van der Waals surface area (Å²) in [6.07, 6.45) is 0. The van der Waals surface area contributed by atoms with E-state index < -0.39 is 0 Å². The molecule has 4 nitrogen and oxygen atoms in total. The summed E-state index contributed by atoms with van der Waals surface area (Å²) in [5.41, 5.74) is 0.696. The third kappa shape index (κ3) is 4.73. The number of hydrogen-bond donors (Lipinski definition) is 3. The van der Waals surface area contributed by atoms with Crippen molar-refractivity contribution in [3.05, 3.63) is 23.8 Å². The van der Waals surface area contributed by atoms with E-state index >= 15 is 0 Å². The van der Waals surface area contributed by atoms with E-state index in [2.05, 4.69) is 19.2 Å². The number of rotatable bonds is 7. The second kappa shape index (κ2) is 7.36. The predicted octanol–water partition coefficient (Wildman–Crippen LogP) is 2.81. The predicted molar refractivity (Wildman–Crippen MR) is 76.4 cm³/mol. The molecule has 0 spiro atoms. The van der Waals surface area contributed by atoms with Crippen LogP contribution in [0.4, 0.5) is 0 Å². The zero-order valence-corrected chi connectivity index (χ0v) is 12.2. The van der Waals surface area contributed by atoms with Gasteiger partial charge < -0.3 is 20.3 Å². The lowest BCUT2D eigenvalue weighted by molar-refractivity contribution is 0.104. The van der Waals surface area contributed by atoms with Gasteiger partial charge >= 0.3 is 0 Å². The summed E-state index contributed by atoms with van der Waals surface area (Å²) in [4.78, 5) is 0. The standard InChI is InChI=1S/C15H25NO3/c1-5-19-9-14(10(2)3)16-11(4)13-8-12(17)6-7-15(13)18/h6-8,10-11,14,16-18H,5,9H2,1-4H3. The Morgan fingerprint density at radius 1 is 1.21 bits per heavy atom. The van der Waals surface area contributed by atoms with Crippen LogP contribution in [-0.2, 0) is 4.74 Å². The van der Waals surface area contributed by atoms with Crippen molar-refractivity contribution in [1.82, 2.24) is 5.32 Å². The smallest absolute Gasteiger partial charge is 0.120 e. The molecule has 1 aromatic rings. The van der Waals surface area contributed by atoms with Gasteiger partial charge in [-0.3, -0.25) is 0 Å². The van der Waals surface area contributed by atoms with Crippen molar-refractivity contribution in [3.63, 3.8) is 0 Å². The number of phenolic OH excluding ortho intramolecular Hbond substituents is 2. The Morgan fingerprint density at radius 3 is 2.47 bits per heavy atom. The molecule has 0 aliphatic rings. The highest BCUT2D eigenvalue weighted by Gasteiger charge is 2.19. The van der Waals surface area contributed by atoms with E-state index in [-0.39, 0.29) is 23.6 Å². The zero-order chi connectivity index (χ0) is 14.4. The van der Waals surface area contributed by atoms with Crippen molar-refractivity contribution in [2.45, 2.75) is 39.8 Å². The second-order valence-electron chi connectivity index (χ2n) is 5.14. The molecule has 2 atom stereocenters. The lowest BCUT2D eigenvalue weighted by atomic mass is 10.0. The Bertz CT molecular complexity index is 393. The van der Waals surface area contributed by atoms with Crippen LogP contribution in [0.2, 0.25) is 0 Å². The van der Waals surface area contributed by atoms with Gasteiger partial charge in [-0.2, -0.15) is 0 Å². The number of hydrogen-bond acceptors (Lipinski definition) is 4. The monoisotopic (exact) mass is 267 g/mol. The number of phenols is 2. The minimum Gasteiger partial charge on any atom is -0.508 e. The van der Waals surface area contributed by atoms with E-state index in [0.717, 1.165) is 0 Å². The summed E-state index contributed by atoms with van der Waals surface area (Å²) >= 11 is 0. The normalized spacial score (nSPS) is 14.6. The molecule has 0 aliphatic carbocycles. The molecular weight excluding hydrogens is 242 g/mol. The highest BCUT2D eigenvalue weighted by Crippen LogP contribution is 2.28. The van der Waals surface area contributed by atoms with Gasteiger partial charge in [0, 0.05) is 24.3 Å². The Hall–Kier alpha value is -1.26. The zero-order valence-electron chi connectivity index (χ0n) is 12.2.